The van der Waals surface area contributed by atoms with Crippen molar-refractivity contribution in [1.82, 2.24) is 10.2 Å². The van der Waals surface area contributed by atoms with E-state index in [1.165, 1.54) is 37.9 Å². The van der Waals surface area contributed by atoms with Gasteiger partial charge in [0.25, 0.3) is 0 Å². The Kier molecular flexibility index (Phi) is 7.33. The second kappa shape index (κ2) is 10.4. The summed E-state index contributed by atoms with van der Waals surface area (Å²) < 4.78 is 5.12. The van der Waals surface area contributed by atoms with E-state index in [0.29, 0.717) is 13.0 Å². The normalized spacial score (nSPS) is 20.8. The van der Waals surface area contributed by atoms with Crippen molar-refractivity contribution in [3.05, 3.63) is 53.6 Å². The van der Waals surface area contributed by atoms with E-state index in [1.54, 1.807) is 13.8 Å². The zero-order valence-corrected chi connectivity index (χ0v) is 20.0. The monoisotopic (exact) mass is 449 g/mol. The molecule has 0 unspecified atom stereocenters. The van der Waals surface area contributed by atoms with Crippen molar-refractivity contribution in [2.24, 2.45) is 0 Å². The third-order valence-electron chi connectivity index (χ3n) is 6.73. The molecule has 2 aliphatic rings. The zero-order chi connectivity index (χ0) is 23.4. The summed E-state index contributed by atoms with van der Waals surface area (Å²) in [6.07, 6.45) is 4.15. The second-order valence-corrected chi connectivity index (χ2v) is 9.20. The summed E-state index contributed by atoms with van der Waals surface area (Å²) in [6, 6.07) is 14.7. The van der Waals surface area contributed by atoms with Crippen LogP contribution in [-0.2, 0) is 16.1 Å². The minimum absolute atomic E-state index is 0.00755. The molecule has 0 radical (unpaired) electrons. The minimum Gasteiger partial charge on any atom is -0.450 e. The van der Waals surface area contributed by atoms with Crippen molar-refractivity contribution in [1.29, 1.82) is 0 Å². The number of fused-ring (bicyclic) bond motifs is 1. The van der Waals surface area contributed by atoms with Gasteiger partial charge in [-0.3, -0.25) is 9.69 Å². The summed E-state index contributed by atoms with van der Waals surface area (Å²) in [5.41, 5.74) is 5.34. The fourth-order valence-corrected chi connectivity index (χ4v) is 5.15. The predicted molar refractivity (Wildman–Crippen MR) is 131 cm³/mol. The fraction of sp³-hybridized carbons (Fsp3) is 0.481. The number of rotatable bonds is 5. The first-order chi connectivity index (χ1) is 16.0. The van der Waals surface area contributed by atoms with E-state index in [2.05, 4.69) is 46.6 Å². The molecule has 33 heavy (non-hydrogen) atoms. The number of carbonyl (C=O) groups is 2. The molecule has 2 aliphatic heterocycles. The maximum absolute atomic E-state index is 12.4. The SMILES string of the molecule is CCOC(=O)N[C@H]1C[C@@H](C)N(C(C)=O)c2ccc(-c3ccc(CN4CCCCC4)cc3)cc21. The van der Waals surface area contributed by atoms with Crippen LogP contribution in [0.4, 0.5) is 10.5 Å². The molecule has 0 bridgehead atoms. The minimum atomic E-state index is -0.426. The van der Waals surface area contributed by atoms with Gasteiger partial charge in [0.15, 0.2) is 0 Å². The number of alkyl carbamates (subject to hydrolysis) is 1. The van der Waals surface area contributed by atoms with Gasteiger partial charge in [-0.1, -0.05) is 36.8 Å². The Morgan fingerprint density at radius 2 is 1.73 bits per heavy atom. The van der Waals surface area contributed by atoms with Crippen molar-refractivity contribution in [2.45, 2.75) is 65.1 Å². The lowest BCUT2D eigenvalue weighted by molar-refractivity contribution is -0.117. The predicted octanol–water partition coefficient (Wildman–Crippen LogP) is 5.27. The highest BCUT2D eigenvalue weighted by molar-refractivity contribution is 5.94. The molecule has 1 fully saturated rings. The van der Waals surface area contributed by atoms with Gasteiger partial charge in [0.1, 0.15) is 0 Å². The number of hydrogen-bond donors (Lipinski definition) is 1. The van der Waals surface area contributed by atoms with Crippen molar-refractivity contribution in [3.8, 4) is 11.1 Å². The molecule has 1 N–H and O–H groups in total. The number of hydrogen-bond acceptors (Lipinski definition) is 4. The second-order valence-electron chi connectivity index (χ2n) is 9.20. The molecule has 2 heterocycles. The quantitative estimate of drug-likeness (QED) is 0.675. The molecule has 176 valence electrons. The van der Waals surface area contributed by atoms with Gasteiger partial charge in [-0.05, 0) is 80.6 Å². The smallest absolute Gasteiger partial charge is 0.407 e. The van der Waals surface area contributed by atoms with E-state index in [0.717, 1.165) is 28.9 Å². The van der Waals surface area contributed by atoms with Crippen molar-refractivity contribution >= 4 is 17.7 Å². The van der Waals surface area contributed by atoms with Crippen molar-refractivity contribution < 1.29 is 14.3 Å². The molecular weight excluding hydrogens is 414 g/mol. The molecule has 6 nitrogen and oxygen atoms in total. The van der Waals surface area contributed by atoms with Crippen LogP contribution in [0.2, 0.25) is 0 Å². The molecule has 4 rings (SSSR count). The molecule has 0 aliphatic carbocycles. The van der Waals surface area contributed by atoms with E-state index in [9.17, 15) is 9.59 Å². The summed E-state index contributed by atoms with van der Waals surface area (Å²) in [6.45, 7) is 9.10. The standard InChI is InChI=1S/C27H35N3O3/c1-4-33-27(32)28-25-16-19(2)30(20(3)31)26-13-12-23(17-24(25)26)22-10-8-21(9-11-22)18-29-14-6-5-7-15-29/h8-13,17,19,25H,4-7,14-16,18H2,1-3H3,(H,28,32)/t19-,25+/m1/s1. The summed E-state index contributed by atoms with van der Waals surface area (Å²) in [4.78, 5) is 28.9. The van der Waals surface area contributed by atoms with E-state index in [4.69, 9.17) is 4.74 Å². The molecule has 1 saturated heterocycles. The van der Waals surface area contributed by atoms with Gasteiger partial charge >= 0.3 is 6.09 Å². The van der Waals surface area contributed by atoms with Crippen LogP contribution in [-0.4, -0.2) is 42.6 Å². The molecule has 0 spiro atoms. The van der Waals surface area contributed by atoms with Crippen molar-refractivity contribution in [3.63, 3.8) is 0 Å². The van der Waals surface area contributed by atoms with E-state index in [1.807, 2.05) is 17.9 Å². The molecule has 2 amide bonds. The Morgan fingerprint density at radius 1 is 1.03 bits per heavy atom. The molecule has 2 atom stereocenters. The molecule has 2 aromatic carbocycles. The lowest BCUT2D eigenvalue weighted by Gasteiger charge is -2.39. The molecule has 2 aromatic rings. The number of piperidine rings is 1. The Labute approximate surface area is 196 Å². The van der Waals surface area contributed by atoms with Crippen LogP contribution in [0.5, 0.6) is 0 Å². The molecule has 0 aromatic heterocycles. The fourth-order valence-electron chi connectivity index (χ4n) is 5.15. The van der Waals surface area contributed by atoms with Crippen LogP contribution in [0.15, 0.2) is 42.5 Å². The van der Waals surface area contributed by atoms with E-state index < -0.39 is 6.09 Å². The third-order valence-corrected chi connectivity index (χ3v) is 6.73. The average Bonchev–Trinajstić information content (AvgIpc) is 2.80. The highest BCUT2D eigenvalue weighted by Gasteiger charge is 2.33. The lowest BCUT2D eigenvalue weighted by Crippen LogP contribution is -2.45. The number of carbonyl (C=O) groups excluding carboxylic acids is 2. The van der Waals surface area contributed by atoms with Gasteiger partial charge in [0.05, 0.1) is 12.6 Å². The maximum atomic E-state index is 12.4. The third kappa shape index (κ3) is 5.38. The number of benzene rings is 2. The topological polar surface area (TPSA) is 61.9 Å². The first-order valence-corrected chi connectivity index (χ1v) is 12.1. The Hall–Kier alpha value is -2.86. The van der Waals surface area contributed by atoms with Gasteiger partial charge in [0.2, 0.25) is 5.91 Å². The number of amides is 2. The summed E-state index contributed by atoms with van der Waals surface area (Å²) in [7, 11) is 0. The largest absolute Gasteiger partial charge is 0.450 e. The van der Waals surface area contributed by atoms with E-state index in [-0.39, 0.29) is 18.0 Å². The number of nitrogens with one attached hydrogen (secondary N) is 1. The van der Waals surface area contributed by atoms with Crippen LogP contribution < -0.4 is 10.2 Å². The maximum Gasteiger partial charge on any atom is 0.407 e. The Bertz CT molecular complexity index is 983. The molecular formula is C27H35N3O3. The first kappa shape index (κ1) is 23.3. The summed E-state index contributed by atoms with van der Waals surface area (Å²) in [5, 5.41) is 2.99. The number of nitrogens with zero attached hydrogens (tertiary/aromatic N) is 2. The summed E-state index contributed by atoms with van der Waals surface area (Å²) in [5.74, 6) is 0.00755. The van der Waals surface area contributed by atoms with Crippen LogP contribution in [0.25, 0.3) is 11.1 Å². The first-order valence-electron chi connectivity index (χ1n) is 12.1. The number of likely N-dealkylation sites (tertiary alicyclic amines) is 1. The summed E-state index contributed by atoms with van der Waals surface area (Å²) >= 11 is 0. The Balaban J connectivity index is 1.60. The van der Waals surface area contributed by atoms with Crippen LogP contribution in [0, 0.1) is 0 Å². The van der Waals surface area contributed by atoms with Gasteiger partial charge in [-0.15, -0.1) is 0 Å². The van der Waals surface area contributed by atoms with Gasteiger partial charge < -0.3 is 15.0 Å². The highest BCUT2D eigenvalue weighted by Crippen LogP contribution is 2.39. The van der Waals surface area contributed by atoms with Gasteiger partial charge in [0, 0.05) is 25.2 Å². The van der Waals surface area contributed by atoms with Crippen LogP contribution in [0.3, 0.4) is 0 Å². The van der Waals surface area contributed by atoms with Gasteiger partial charge in [-0.25, -0.2) is 4.79 Å². The van der Waals surface area contributed by atoms with Crippen molar-refractivity contribution in [2.75, 3.05) is 24.6 Å². The highest BCUT2D eigenvalue weighted by atomic mass is 16.5. The van der Waals surface area contributed by atoms with Gasteiger partial charge in [-0.2, -0.15) is 0 Å². The average molecular weight is 450 g/mol. The van der Waals surface area contributed by atoms with Crippen LogP contribution in [0.1, 0.15) is 63.6 Å². The molecule has 6 heteroatoms. The zero-order valence-electron chi connectivity index (χ0n) is 20.0. The van der Waals surface area contributed by atoms with E-state index >= 15 is 0 Å². The Morgan fingerprint density at radius 3 is 2.39 bits per heavy atom. The number of anilines is 1. The molecule has 0 saturated carbocycles. The lowest BCUT2D eigenvalue weighted by atomic mass is 9.89. The van der Waals surface area contributed by atoms with Crippen LogP contribution >= 0.6 is 0 Å². The number of ether oxygens (including phenoxy) is 1.